The molecule has 0 spiro atoms. The molecule has 1 aromatic rings. The summed E-state index contributed by atoms with van der Waals surface area (Å²) in [6, 6.07) is 8.94. The van der Waals surface area contributed by atoms with Crippen LogP contribution in [0.2, 0.25) is 0 Å². The number of nitrogens with zero attached hydrogens (tertiary/aromatic N) is 3. The van der Waals surface area contributed by atoms with Crippen LogP contribution in [0.5, 0.6) is 5.75 Å². The summed E-state index contributed by atoms with van der Waals surface area (Å²) in [5.41, 5.74) is 0.589. The lowest BCUT2D eigenvalue weighted by atomic mass is 10.2. The van der Waals surface area contributed by atoms with Gasteiger partial charge in [-0.05, 0) is 37.1 Å². The van der Waals surface area contributed by atoms with E-state index in [2.05, 4.69) is 6.07 Å². The molecule has 6 heteroatoms. The molecular weight excluding hydrogens is 294 g/mol. The number of piperazine rings is 1. The van der Waals surface area contributed by atoms with Gasteiger partial charge in [-0.1, -0.05) is 6.92 Å². The topological polar surface area (TPSA) is 73.6 Å². The first-order valence-electron chi connectivity index (χ1n) is 7.87. The summed E-state index contributed by atoms with van der Waals surface area (Å²) in [5.74, 6) is -0.117. The van der Waals surface area contributed by atoms with Crippen molar-refractivity contribution in [3.8, 4) is 11.8 Å². The first-order chi connectivity index (χ1) is 11.2. The number of nitriles is 1. The van der Waals surface area contributed by atoms with E-state index in [1.165, 1.54) is 0 Å². The number of hydrogen-bond acceptors (Lipinski definition) is 4. The van der Waals surface area contributed by atoms with E-state index in [1.807, 2.05) is 6.92 Å². The van der Waals surface area contributed by atoms with E-state index in [0.717, 1.165) is 6.42 Å². The monoisotopic (exact) mass is 315 g/mol. The second-order valence-corrected chi connectivity index (χ2v) is 5.42. The Kier molecular flexibility index (Phi) is 5.98. The first-order valence-corrected chi connectivity index (χ1v) is 7.87. The Morgan fingerprint density at radius 1 is 1.09 bits per heavy atom. The third-order valence-electron chi connectivity index (χ3n) is 3.72. The van der Waals surface area contributed by atoms with Crippen molar-refractivity contribution in [2.45, 2.75) is 19.8 Å². The molecule has 1 aromatic carbocycles. The Hall–Kier alpha value is -2.55. The zero-order valence-corrected chi connectivity index (χ0v) is 13.3. The number of amides is 2. The SMILES string of the molecule is CCCN1CCN(CCCOc2ccc(C#N)cc2)C(=O)C1=O. The summed E-state index contributed by atoms with van der Waals surface area (Å²) in [6.07, 6.45) is 1.52. The van der Waals surface area contributed by atoms with Gasteiger partial charge in [0.25, 0.3) is 0 Å². The van der Waals surface area contributed by atoms with Gasteiger partial charge >= 0.3 is 11.8 Å². The third kappa shape index (κ3) is 4.46. The second kappa shape index (κ2) is 8.18. The van der Waals surface area contributed by atoms with Crippen LogP contribution < -0.4 is 4.74 Å². The Bertz CT molecular complexity index is 592. The van der Waals surface area contributed by atoms with E-state index in [9.17, 15) is 9.59 Å². The summed E-state index contributed by atoms with van der Waals surface area (Å²) in [7, 11) is 0. The molecule has 0 radical (unpaired) electrons. The van der Waals surface area contributed by atoms with E-state index in [-0.39, 0.29) is 0 Å². The summed E-state index contributed by atoms with van der Waals surface area (Å²) in [4.78, 5) is 27.1. The molecule has 2 amide bonds. The highest BCUT2D eigenvalue weighted by atomic mass is 16.5. The number of carbonyl (C=O) groups excluding carboxylic acids is 2. The predicted octanol–water partition coefficient (Wildman–Crippen LogP) is 1.41. The van der Waals surface area contributed by atoms with Crippen molar-refractivity contribution in [2.24, 2.45) is 0 Å². The van der Waals surface area contributed by atoms with Crippen molar-refractivity contribution in [3.05, 3.63) is 29.8 Å². The minimum atomic E-state index is -0.414. The minimum Gasteiger partial charge on any atom is -0.494 e. The third-order valence-corrected chi connectivity index (χ3v) is 3.72. The summed E-state index contributed by atoms with van der Waals surface area (Å²) in [6.45, 7) is 4.80. The predicted molar refractivity (Wildman–Crippen MR) is 84.7 cm³/mol. The van der Waals surface area contributed by atoms with Crippen LogP contribution in [0.4, 0.5) is 0 Å². The van der Waals surface area contributed by atoms with Crippen LogP contribution in [0.25, 0.3) is 0 Å². The van der Waals surface area contributed by atoms with Gasteiger partial charge in [0.05, 0.1) is 18.2 Å². The lowest BCUT2D eigenvalue weighted by Gasteiger charge is -2.33. The lowest BCUT2D eigenvalue weighted by Crippen LogP contribution is -2.54. The molecular formula is C17H21N3O3. The summed E-state index contributed by atoms with van der Waals surface area (Å²) < 4.78 is 5.58. The van der Waals surface area contributed by atoms with Gasteiger partial charge in [-0.2, -0.15) is 5.26 Å². The van der Waals surface area contributed by atoms with Crippen LogP contribution in [0.1, 0.15) is 25.3 Å². The van der Waals surface area contributed by atoms with Gasteiger partial charge in [-0.25, -0.2) is 0 Å². The number of carbonyl (C=O) groups is 2. The molecule has 0 atom stereocenters. The largest absolute Gasteiger partial charge is 0.494 e. The standard InChI is InChI=1S/C17H21N3O3/c1-2-8-19-10-11-20(17(22)16(19)21)9-3-12-23-15-6-4-14(13-18)5-7-15/h4-7H,2-3,8-12H2,1H3. The van der Waals surface area contributed by atoms with Crippen molar-refractivity contribution < 1.29 is 14.3 Å². The maximum absolute atomic E-state index is 12.0. The molecule has 1 aliphatic heterocycles. The van der Waals surface area contributed by atoms with E-state index in [4.69, 9.17) is 10.00 Å². The van der Waals surface area contributed by atoms with Crippen LogP contribution in [-0.2, 0) is 9.59 Å². The van der Waals surface area contributed by atoms with Gasteiger partial charge in [0.1, 0.15) is 5.75 Å². The highest BCUT2D eigenvalue weighted by Crippen LogP contribution is 2.12. The Labute approximate surface area is 136 Å². The van der Waals surface area contributed by atoms with Crippen molar-refractivity contribution in [2.75, 3.05) is 32.8 Å². The van der Waals surface area contributed by atoms with Gasteiger partial charge in [0, 0.05) is 26.2 Å². The van der Waals surface area contributed by atoms with Crippen molar-refractivity contribution >= 4 is 11.8 Å². The molecule has 1 heterocycles. The van der Waals surface area contributed by atoms with E-state index in [0.29, 0.717) is 50.5 Å². The van der Waals surface area contributed by atoms with E-state index in [1.54, 1.807) is 34.1 Å². The fourth-order valence-electron chi connectivity index (χ4n) is 2.48. The molecule has 6 nitrogen and oxygen atoms in total. The maximum Gasteiger partial charge on any atom is 0.312 e. The van der Waals surface area contributed by atoms with Crippen LogP contribution >= 0.6 is 0 Å². The van der Waals surface area contributed by atoms with Crippen molar-refractivity contribution in [1.29, 1.82) is 5.26 Å². The molecule has 0 N–H and O–H groups in total. The molecule has 2 rings (SSSR count). The molecule has 122 valence electrons. The fraction of sp³-hybridized carbons (Fsp3) is 0.471. The smallest absolute Gasteiger partial charge is 0.312 e. The van der Waals surface area contributed by atoms with Crippen LogP contribution in [0, 0.1) is 11.3 Å². The molecule has 1 saturated heterocycles. The highest BCUT2D eigenvalue weighted by Gasteiger charge is 2.31. The number of ether oxygens (including phenoxy) is 1. The molecule has 0 bridgehead atoms. The normalized spacial score (nSPS) is 14.8. The molecule has 23 heavy (non-hydrogen) atoms. The Morgan fingerprint density at radius 3 is 2.26 bits per heavy atom. The van der Waals surface area contributed by atoms with Crippen LogP contribution in [0.3, 0.4) is 0 Å². The Balaban J connectivity index is 1.73. The number of hydrogen-bond donors (Lipinski definition) is 0. The number of benzene rings is 1. The maximum atomic E-state index is 12.0. The van der Waals surface area contributed by atoms with Crippen molar-refractivity contribution in [1.82, 2.24) is 9.80 Å². The fourth-order valence-corrected chi connectivity index (χ4v) is 2.48. The van der Waals surface area contributed by atoms with Gasteiger partial charge in [-0.15, -0.1) is 0 Å². The first kappa shape index (κ1) is 16.8. The molecule has 0 aliphatic carbocycles. The van der Waals surface area contributed by atoms with E-state index < -0.39 is 11.8 Å². The molecule has 1 fully saturated rings. The van der Waals surface area contributed by atoms with Crippen LogP contribution in [-0.4, -0.2) is 54.4 Å². The minimum absolute atomic E-state index is 0.397. The molecule has 0 unspecified atom stereocenters. The van der Waals surface area contributed by atoms with Gasteiger partial charge < -0.3 is 14.5 Å². The van der Waals surface area contributed by atoms with E-state index >= 15 is 0 Å². The number of rotatable bonds is 7. The summed E-state index contributed by atoms with van der Waals surface area (Å²) in [5, 5.41) is 8.73. The zero-order valence-electron chi connectivity index (χ0n) is 13.3. The second-order valence-electron chi connectivity index (χ2n) is 5.42. The highest BCUT2D eigenvalue weighted by molar-refractivity contribution is 6.35. The quantitative estimate of drug-likeness (QED) is 0.563. The lowest BCUT2D eigenvalue weighted by molar-refractivity contribution is -0.156. The zero-order chi connectivity index (χ0) is 16.7. The molecule has 0 aromatic heterocycles. The molecule has 1 aliphatic rings. The summed E-state index contributed by atoms with van der Waals surface area (Å²) >= 11 is 0. The molecule has 0 saturated carbocycles. The van der Waals surface area contributed by atoms with Gasteiger partial charge in [-0.3, -0.25) is 9.59 Å². The van der Waals surface area contributed by atoms with Gasteiger partial charge in [0.15, 0.2) is 0 Å². The Morgan fingerprint density at radius 2 is 1.70 bits per heavy atom. The van der Waals surface area contributed by atoms with Crippen molar-refractivity contribution in [3.63, 3.8) is 0 Å². The average Bonchev–Trinajstić information content (AvgIpc) is 2.58. The average molecular weight is 315 g/mol. The van der Waals surface area contributed by atoms with Crippen LogP contribution in [0.15, 0.2) is 24.3 Å². The van der Waals surface area contributed by atoms with Gasteiger partial charge in [0.2, 0.25) is 0 Å².